The van der Waals surface area contributed by atoms with Crippen LogP contribution < -0.4 is 0 Å². The zero-order chi connectivity index (χ0) is 20.3. The first-order chi connectivity index (χ1) is 14.3. The first kappa shape index (κ1) is 22.2. The SMILES string of the molecule is CCCCCCCCC1=CSCN1CC(=O)N1CCN(Cc2ccccc2)CC1. The monoisotopic (exact) mass is 415 g/mol. The molecule has 2 aliphatic rings. The Hall–Kier alpha value is -1.46. The highest BCUT2D eigenvalue weighted by molar-refractivity contribution is 8.02. The molecule has 5 heteroatoms. The van der Waals surface area contributed by atoms with Crippen molar-refractivity contribution in [3.8, 4) is 0 Å². The van der Waals surface area contributed by atoms with Crippen molar-refractivity contribution in [2.24, 2.45) is 0 Å². The molecule has 4 nitrogen and oxygen atoms in total. The number of thioether (sulfide) groups is 1. The molecule has 0 spiro atoms. The lowest BCUT2D eigenvalue weighted by Gasteiger charge is -2.36. The van der Waals surface area contributed by atoms with Gasteiger partial charge in [-0.3, -0.25) is 9.69 Å². The second-order valence-electron chi connectivity index (χ2n) is 8.26. The molecule has 2 heterocycles. The van der Waals surface area contributed by atoms with Crippen LogP contribution in [0.4, 0.5) is 0 Å². The van der Waals surface area contributed by atoms with Crippen molar-refractivity contribution in [2.45, 2.75) is 58.4 Å². The Balaban J connectivity index is 1.35. The average Bonchev–Trinajstić information content (AvgIpc) is 3.18. The highest BCUT2D eigenvalue weighted by atomic mass is 32.2. The highest BCUT2D eigenvalue weighted by Crippen LogP contribution is 2.27. The molecule has 0 saturated carbocycles. The van der Waals surface area contributed by atoms with E-state index >= 15 is 0 Å². The topological polar surface area (TPSA) is 26.8 Å². The number of rotatable bonds is 11. The fourth-order valence-corrected chi connectivity index (χ4v) is 5.06. The van der Waals surface area contributed by atoms with Gasteiger partial charge < -0.3 is 9.80 Å². The summed E-state index contributed by atoms with van der Waals surface area (Å²) in [6.07, 6.45) is 9.06. The van der Waals surface area contributed by atoms with Crippen molar-refractivity contribution in [3.63, 3.8) is 0 Å². The second kappa shape index (κ2) is 12.3. The Kier molecular flexibility index (Phi) is 9.42. The summed E-state index contributed by atoms with van der Waals surface area (Å²) in [6.45, 7) is 7.43. The normalized spacial score (nSPS) is 17.6. The van der Waals surface area contributed by atoms with Crippen LogP contribution in [0.2, 0.25) is 0 Å². The lowest BCUT2D eigenvalue weighted by molar-refractivity contribution is -0.133. The molecule has 0 bridgehead atoms. The van der Waals surface area contributed by atoms with Gasteiger partial charge in [-0.25, -0.2) is 0 Å². The van der Waals surface area contributed by atoms with Crippen molar-refractivity contribution in [1.82, 2.24) is 14.7 Å². The number of carbonyl (C=O) groups is 1. The number of unbranched alkanes of at least 4 members (excludes halogenated alkanes) is 5. The largest absolute Gasteiger partial charge is 0.356 e. The number of hydrogen-bond acceptors (Lipinski definition) is 4. The van der Waals surface area contributed by atoms with Gasteiger partial charge in [0.25, 0.3) is 0 Å². The van der Waals surface area contributed by atoms with Crippen LogP contribution in [0.3, 0.4) is 0 Å². The van der Waals surface area contributed by atoms with E-state index < -0.39 is 0 Å². The third-order valence-electron chi connectivity index (χ3n) is 5.94. The van der Waals surface area contributed by atoms with Crippen LogP contribution in [-0.4, -0.2) is 59.2 Å². The molecule has 0 N–H and O–H groups in total. The molecular weight excluding hydrogens is 378 g/mol. The minimum atomic E-state index is 0.292. The van der Waals surface area contributed by atoms with Gasteiger partial charge in [0.15, 0.2) is 0 Å². The van der Waals surface area contributed by atoms with E-state index in [1.54, 1.807) is 0 Å². The lowest BCUT2D eigenvalue weighted by Crippen LogP contribution is -2.50. The lowest BCUT2D eigenvalue weighted by atomic mass is 10.1. The van der Waals surface area contributed by atoms with Gasteiger partial charge in [-0.2, -0.15) is 0 Å². The van der Waals surface area contributed by atoms with Gasteiger partial charge in [0.05, 0.1) is 12.4 Å². The molecule has 1 aromatic rings. The second-order valence-corrected chi connectivity index (χ2v) is 9.09. The molecule has 29 heavy (non-hydrogen) atoms. The van der Waals surface area contributed by atoms with Gasteiger partial charge in [0.1, 0.15) is 0 Å². The zero-order valence-electron chi connectivity index (χ0n) is 18.0. The predicted molar refractivity (Wildman–Crippen MR) is 124 cm³/mol. The predicted octanol–water partition coefficient (Wildman–Crippen LogP) is 4.93. The Morgan fingerprint density at radius 1 is 0.966 bits per heavy atom. The quantitative estimate of drug-likeness (QED) is 0.479. The molecule has 0 atom stereocenters. The maximum Gasteiger partial charge on any atom is 0.242 e. The molecule has 1 amide bonds. The van der Waals surface area contributed by atoms with E-state index in [9.17, 15) is 4.79 Å². The van der Waals surface area contributed by atoms with Crippen molar-refractivity contribution >= 4 is 17.7 Å². The number of benzene rings is 1. The van der Waals surface area contributed by atoms with Gasteiger partial charge in [-0.15, -0.1) is 11.8 Å². The number of allylic oxidation sites excluding steroid dienone is 1. The van der Waals surface area contributed by atoms with Crippen molar-refractivity contribution in [1.29, 1.82) is 0 Å². The van der Waals surface area contributed by atoms with E-state index in [0.29, 0.717) is 12.5 Å². The van der Waals surface area contributed by atoms with Crippen LogP contribution in [-0.2, 0) is 11.3 Å². The van der Waals surface area contributed by atoms with E-state index in [1.807, 2.05) is 11.8 Å². The summed E-state index contributed by atoms with van der Waals surface area (Å²) >= 11 is 1.84. The minimum Gasteiger partial charge on any atom is -0.356 e. The van der Waals surface area contributed by atoms with Gasteiger partial charge in [0.2, 0.25) is 5.91 Å². The third kappa shape index (κ3) is 7.38. The maximum atomic E-state index is 12.8. The van der Waals surface area contributed by atoms with Gasteiger partial charge in [-0.05, 0) is 23.8 Å². The molecule has 0 aromatic heterocycles. The molecule has 3 rings (SSSR count). The van der Waals surface area contributed by atoms with Gasteiger partial charge in [-0.1, -0.05) is 69.4 Å². The first-order valence-electron chi connectivity index (χ1n) is 11.4. The fraction of sp³-hybridized carbons (Fsp3) is 0.625. The van der Waals surface area contributed by atoms with Crippen LogP contribution in [0.25, 0.3) is 0 Å². The molecule has 1 saturated heterocycles. The molecule has 1 aromatic carbocycles. The summed E-state index contributed by atoms with van der Waals surface area (Å²) in [5, 5.41) is 2.27. The number of amides is 1. The summed E-state index contributed by atoms with van der Waals surface area (Å²) in [5.74, 6) is 1.23. The van der Waals surface area contributed by atoms with Gasteiger partial charge in [0, 0.05) is 38.4 Å². The van der Waals surface area contributed by atoms with Crippen molar-refractivity contribution < 1.29 is 4.79 Å². The fourth-order valence-electron chi connectivity index (χ4n) is 4.09. The smallest absolute Gasteiger partial charge is 0.242 e. The summed E-state index contributed by atoms with van der Waals surface area (Å²) < 4.78 is 0. The minimum absolute atomic E-state index is 0.292. The summed E-state index contributed by atoms with van der Waals surface area (Å²) in [4.78, 5) is 19.7. The molecule has 0 unspecified atom stereocenters. The van der Waals surface area contributed by atoms with E-state index in [0.717, 1.165) is 45.0 Å². The van der Waals surface area contributed by atoms with Crippen LogP contribution in [0.15, 0.2) is 41.4 Å². The van der Waals surface area contributed by atoms with E-state index in [4.69, 9.17) is 0 Å². The van der Waals surface area contributed by atoms with Crippen molar-refractivity contribution in [3.05, 3.63) is 47.0 Å². The summed E-state index contributed by atoms with van der Waals surface area (Å²) in [5.41, 5.74) is 2.73. The molecule has 0 radical (unpaired) electrons. The van der Waals surface area contributed by atoms with Crippen LogP contribution in [0, 0.1) is 0 Å². The first-order valence-corrected chi connectivity index (χ1v) is 12.4. The van der Waals surface area contributed by atoms with Gasteiger partial charge >= 0.3 is 0 Å². The van der Waals surface area contributed by atoms with E-state index in [2.05, 4.69) is 57.4 Å². The number of nitrogens with zero attached hydrogens (tertiary/aromatic N) is 3. The number of carbonyl (C=O) groups excluding carboxylic acids is 1. The number of hydrogen-bond donors (Lipinski definition) is 0. The molecule has 2 aliphatic heterocycles. The summed E-state index contributed by atoms with van der Waals surface area (Å²) in [6, 6.07) is 10.6. The van der Waals surface area contributed by atoms with Crippen molar-refractivity contribution in [2.75, 3.05) is 38.6 Å². The van der Waals surface area contributed by atoms with E-state index in [-0.39, 0.29) is 0 Å². The summed E-state index contributed by atoms with van der Waals surface area (Å²) in [7, 11) is 0. The standard InChI is InChI=1S/C24H37N3OS/c1-2-3-4-5-6-10-13-23-20-29-21-27(23)19-24(28)26-16-14-25(15-17-26)18-22-11-8-7-9-12-22/h7-9,11-12,20H,2-6,10,13-19,21H2,1H3. The Morgan fingerprint density at radius 3 is 2.45 bits per heavy atom. The Bertz CT molecular complexity index is 641. The van der Waals surface area contributed by atoms with Crippen LogP contribution in [0.5, 0.6) is 0 Å². The average molecular weight is 416 g/mol. The maximum absolute atomic E-state index is 12.8. The Morgan fingerprint density at radius 2 is 1.69 bits per heavy atom. The van der Waals surface area contributed by atoms with Crippen LogP contribution >= 0.6 is 11.8 Å². The number of piperazine rings is 1. The van der Waals surface area contributed by atoms with Crippen LogP contribution in [0.1, 0.15) is 57.4 Å². The highest BCUT2D eigenvalue weighted by Gasteiger charge is 2.24. The molecule has 160 valence electrons. The third-order valence-corrected chi connectivity index (χ3v) is 6.84. The van der Waals surface area contributed by atoms with E-state index in [1.165, 1.54) is 49.8 Å². The zero-order valence-corrected chi connectivity index (χ0v) is 18.8. The molecule has 0 aliphatic carbocycles. The molecular formula is C24H37N3OS. The molecule has 1 fully saturated rings. The Labute approximate surface area is 181 Å².